The molecule has 0 bridgehead atoms. The molecule has 1 aromatic heterocycles. The van der Waals surface area contributed by atoms with Gasteiger partial charge in [0.25, 0.3) is 0 Å². The van der Waals surface area contributed by atoms with Crippen molar-refractivity contribution in [2.75, 3.05) is 40.0 Å². The molecule has 1 aromatic rings. The van der Waals surface area contributed by atoms with Gasteiger partial charge in [-0.3, -0.25) is 4.68 Å². The number of hydrogen-bond acceptors (Lipinski definition) is 4. The molecule has 2 heterocycles. The first kappa shape index (κ1) is 14.5. The van der Waals surface area contributed by atoms with Crippen LogP contribution < -0.4 is 5.32 Å². The Morgan fingerprint density at radius 1 is 1.47 bits per heavy atom. The third-order valence-corrected chi connectivity index (χ3v) is 3.87. The second-order valence-corrected chi connectivity index (χ2v) is 5.48. The first-order chi connectivity index (χ1) is 9.24. The van der Waals surface area contributed by atoms with Gasteiger partial charge in [-0.25, -0.2) is 0 Å². The summed E-state index contributed by atoms with van der Waals surface area (Å²) in [4.78, 5) is 0. The van der Waals surface area contributed by atoms with Crippen molar-refractivity contribution >= 4 is 0 Å². The molecule has 0 unspecified atom stereocenters. The molecule has 1 aliphatic heterocycles. The minimum absolute atomic E-state index is 0.301. The van der Waals surface area contributed by atoms with Gasteiger partial charge in [0.1, 0.15) is 0 Å². The van der Waals surface area contributed by atoms with Gasteiger partial charge in [0.15, 0.2) is 0 Å². The van der Waals surface area contributed by atoms with Crippen LogP contribution in [0.3, 0.4) is 0 Å². The largest absolute Gasteiger partial charge is 0.383 e. The van der Waals surface area contributed by atoms with Crippen molar-refractivity contribution in [1.29, 1.82) is 0 Å². The first-order valence-corrected chi connectivity index (χ1v) is 6.99. The molecule has 0 aromatic carbocycles. The second-order valence-electron chi connectivity index (χ2n) is 5.48. The van der Waals surface area contributed by atoms with E-state index in [1.165, 1.54) is 5.56 Å². The van der Waals surface area contributed by atoms with Gasteiger partial charge in [-0.15, -0.1) is 0 Å². The van der Waals surface area contributed by atoms with Crippen molar-refractivity contribution in [1.82, 2.24) is 15.1 Å². The molecule has 0 atom stereocenters. The molecule has 0 saturated carbocycles. The van der Waals surface area contributed by atoms with E-state index in [-0.39, 0.29) is 0 Å². The van der Waals surface area contributed by atoms with Crippen molar-refractivity contribution in [2.24, 2.45) is 12.5 Å². The minimum Gasteiger partial charge on any atom is -0.383 e. The predicted molar refractivity (Wildman–Crippen MR) is 74.1 cm³/mol. The van der Waals surface area contributed by atoms with Crippen LogP contribution in [0.5, 0.6) is 0 Å². The van der Waals surface area contributed by atoms with E-state index in [1.807, 2.05) is 17.9 Å². The Kier molecular flexibility index (Phi) is 5.36. The summed E-state index contributed by atoms with van der Waals surface area (Å²) >= 11 is 0. The van der Waals surface area contributed by atoms with E-state index in [1.54, 1.807) is 7.11 Å². The molecule has 0 amide bonds. The Labute approximate surface area is 115 Å². The van der Waals surface area contributed by atoms with E-state index in [0.29, 0.717) is 5.41 Å². The lowest BCUT2D eigenvalue weighted by Crippen LogP contribution is -2.41. The van der Waals surface area contributed by atoms with E-state index in [0.717, 1.165) is 52.2 Å². The molecule has 1 fully saturated rings. The molecule has 0 aliphatic carbocycles. The van der Waals surface area contributed by atoms with Gasteiger partial charge in [0.2, 0.25) is 0 Å². The SMILES string of the molecule is COCCNCC1(Cc2cnn(C)c2)CCOCC1. The van der Waals surface area contributed by atoms with Crippen molar-refractivity contribution in [3.63, 3.8) is 0 Å². The summed E-state index contributed by atoms with van der Waals surface area (Å²) in [5.41, 5.74) is 1.62. The van der Waals surface area contributed by atoms with Crippen molar-refractivity contribution in [2.45, 2.75) is 19.3 Å². The Morgan fingerprint density at radius 3 is 2.89 bits per heavy atom. The Balaban J connectivity index is 1.93. The summed E-state index contributed by atoms with van der Waals surface area (Å²) in [5, 5.41) is 7.78. The highest BCUT2D eigenvalue weighted by atomic mass is 16.5. The van der Waals surface area contributed by atoms with Gasteiger partial charge < -0.3 is 14.8 Å². The fourth-order valence-corrected chi connectivity index (χ4v) is 2.74. The summed E-state index contributed by atoms with van der Waals surface area (Å²) < 4.78 is 12.5. The average molecular weight is 267 g/mol. The average Bonchev–Trinajstić information content (AvgIpc) is 2.81. The molecule has 108 valence electrons. The summed E-state index contributed by atoms with van der Waals surface area (Å²) in [6, 6.07) is 0. The molecule has 5 heteroatoms. The normalized spacial score (nSPS) is 18.6. The third kappa shape index (κ3) is 4.30. The Morgan fingerprint density at radius 2 is 2.26 bits per heavy atom. The summed E-state index contributed by atoms with van der Waals surface area (Å²) in [6.45, 7) is 4.43. The van der Waals surface area contributed by atoms with E-state index in [4.69, 9.17) is 9.47 Å². The molecular weight excluding hydrogens is 242 g/mol. The maximum absolute atomic E-state index is 5.52. The van der Waals surface area contributed by atoms with Crippen LogP contribution in [0.1, 0.15) is 18.4 Å². The maximum Gasteiger partial charge on any atom is 0.0587 e. The molecule has 1 saturated heterocycles. The fraction of sp³-hybridized carbons (Fsp3) is 0.786. The monoisotopic (exact) mass is 267 g/mol. The number of nitrogens with zero attached hydrogens (tertiary/aromatic N) is 2. The zero-order chi connectivity index (χ0) is 13.6. The van der Waals surface area contributed by atoms with Crippen molar-refractivity contribution in [3.05, 3.63) is 18.0 Å². The van der Waals surface area contributed by atoms with Gasteiger partial charge in [-0.1, -0.05) is 0 Å². The van der Waals surface area contributed by atoms with Gasteiger partial charge in [0, 0.05) is 46.7 Å². The number of rotatable bonds is 7. The van der Waals surface area contributed by atoms with Crippen LogP contribution in [0.2, 0.25) is 0 Å². The van der Waals surface area contributed by atoms with Gasteiger partial charge in [0.05, 0.1) is 12.8 Å². The zero-order valence-electron chi connectivity index (χ0n) is 12.0. The van der Waals surface area contributed by atoms with Crippen molar-refractivity contribution in [3.8, 4) is 0 Å². The lowest BCUT2D eigenvalue weighted by Gasteiger charge is -2.37. The highest BCUT2D eigenvalue weighted by Crippen LogP contribution is 2.33. The van der Waals surface area contributed by atoms with Crippen LogP contribution >= 0.6 is 0 Å². The van der Waals surface area contributed by atoms with Crippen LogP contribution in [0.15, 0.2) is 12.4 Å². The number of nitrogens with one attached hydrogen (secondary N) is 1. The van der Waals surface area contributed by atoms with Crippen LogP contribution in [-0.2, 0) is 22.9 Å². The van der Waals surface area contributed by atoms with Crippen LogP contribution in [0.25, 0.3) is 0 Å². The van der Waals surface area contributed by atoms with E-state index in [9.17, 15) is 0 Å². The molecule has 1 N–H and O–H groups in total. The molecule has 1 aliphatic rings. The second kappa shape index (κ2) is 7.03. The van der Waals surface area contributed by atoms with Gasteiger partial charge in [-0.05, 0) is 30.2 Å². The maximum atomic E-state index is 5.52. The smallest absolute Gasteiger partial charge is 0.0587 e. The number of ether oxygens (including phenoxy) is 2. The quantitative estimate of drug-likeness (QED) is 0.749. The molecule has 0 radical (unpaired) electrons. The zero-order valence-corrected chi connectivity index (χ0v) is 12.0. The lowest BCUT2D eigenvalue weighted by molar-refractivity contribution is 0.0143. The first-order valence-electron chi connectivity index (χ1n) is 6.99. The van der Waals surface area contributed by atoms with E-state index in [2.05, 4.69) is 16.6 Å². The predicted octanol–water partition coefficient (Wildman–Crippen LogP) is 0.995. The number of aryl methyl sites for hydroxylation is 1. The van der Waals surface area contributed by atoms with Crippen LogP contribution in [-0.4, -0.2) is 49.8 Å². The van der Waals surface area contributed by atoms with Crippen LogP contribution in [0.4, 0.5) is 0 Å². The third-order valence-electron chi connectivity index (χ3n) is 3.87. The fourth-order valence-electron chi connectivity index (χ4n) is 2.74. The minimum atomic E-state index is 0.301. The van der Waals surface area contributed by atoms with Gasteiger partial charge >= 0.3 is 0 Å². The summed E-state index contributed by atoms with van der Waals surface area (Å²) in [7, 11) is 3.71. The Hall–Kier alpha value is -0.910. The highest BCUT2D eigenvalue weighted by Gasteiger charge is 2.32. The van der Waals surface area contributed by atoms with E-state index < -0.39 is 0 Å². The lowest BCUT2D eigenvalue weighted by atomic mass is 9.75. The summed E-state index contributed by atoms with van der Waals surface area (Å²) in [5.74, 6) is 0. The number of aromatic nitrogens is 2. The van der Waals surface area contributed by atoms with Crippen LogP contribution in [0, 0.1) is 5.41 Å². The topological polar surface area (TPSA) is 48.3 Å². The standard InChI is InChI=1S/C14H25N3O2/c1-17-11-13(10-16-17)9-14(3-6-19-7-4-14)12-15-5-8-18-2/h10-11,15H,3-9,12H2,1-2H3. The van der Waals surface area contributed by atoms with E-state index >= 15 is 0 Å². The molecular formula is C14H25N3O2. The highest BCUT2D eigenvalue weighted by molar-refractivity contribution is 5.08. The number of methoxy groups -OCH3 is 1. The van der Waals surface area contributed by atoms with Gasteiger partial charge in [-0.2, -0.15) is 5.10 Å². The summed E-state index contributed by atoms with van der Waals surface area (Å²) in [6.07, 6.45) is 7.40. The van der Waals surface area contributed by atoms with Crippen molar-refractivity contribution < 1.29 is 9.47 Å². The molecule has 2 rings (SSSR count). The molecule has 19 heavy (non-hydrogen) atoms. The molecule has 5 nitrogen and oxygen atoms in total. The Bertz CT molecular complexity index is 373. The molecule has 0 spiro atoms. The number of hydrogen-bond donors (Lipinski definition) is 1.